The Morgan fingerprint density at radius 1 is 1.25 bits per heavy atom. The number of ketones is 1. The number of carbonyl (C=O) groups excluding carboxylic acids is 3. The third-order valence-corrected chi connectivity index (χ3v) is 4.65. The molecule has 156 valence electrons. The SMILES string of the molecule is CC(=O)c1ccc(OCCCC(=O)N2CCCC(C(=O)NCCN)C2)cc1.Cl. The molecule has 2 rings (SSSR count). The van der Waals surface area contributed by atoms with Gasteiger partial charge in [0, 0.05) is 38.2 Å². The van der Waals surface area contributed by atoms with Gasteiger partial charge in [0.15, 0.2) is 5.78 Å². The Morgan fingerprint density at radius 3 is 2.61 bits per heavy atom. The van der Waals surface area contributed by atoms with Crippen molar-refractivity contribution in [2.45, 2.75) is 32.6 Å². The second-order valence-corrected chi connectivity index (χ2v) is 6.79. The highest BCUT2D eigenvalue weighted by molar-refractivity contribution is 5.94. The molecule has 1 aromatic rings. The van der Waals surface area contributed by atoms with E-state index in [1.165, 1.54) is 6.92 Å². The van der Waals surface area contributed by atoms with E-state index in [-0.39, 0.29) is 35.9 Å². The summed E-state index contributed by atoms with van der Waals surface area (Å²) in [5, 5.41) is 2.80. The number of nitrogens with one attached hydrogen (secondary N) is 1. The van der Waals surface area contributed by atoms with Gasteiger partial charge in [-0.25, -0.2) is 0 Å². The highest BCUT2D eigenvalue weighted by atomic mass is 35.5. The molecule has 1 aliphatic heterocycles. The summed E-state index contributed by atoms with van der Waals surface area (Å²) < 4.78 is 5.62. The molecule has 8 heteroatoms. The van der Waals surface area contributed by atoms with E-state index in [1.807, 2.05) is 0 Å². The maximum atomic E-state index is 12.4. The molecule has 1 saturated heterocycles. The topological polar surface area (TPSA) is 102 Å². The van der Waals surface area contributed by atoms with E-state index in [1.54, 1.807) is 29.2 Å². The Morgan fingerprint density at radius 2 is 1.96 bits per heavy atom. The van der Waals surface area contributed by atoms with Gasteiger partial charge in [-0.15, -0.1) is 12.4 Å². The lowest BCUT2D eigenvalue weighted by atomic mass is 9.96. The average Bonchev–Trinajstić information content (AvgIpc) is 2.69. The molecular formula is C20H30ClN3O4. The van der Waals surface area contributed by atoms with Gasteiger partial charge in [0.2, 0.25) is 11.8 Å². The number of nitrogens with two attached hydrogens (primary N) is 1. The Labute approximate surface area is 172 Å². The first-order chi connectivity index (χ1) is 13.0. The fourth-order valence-electron chi connectivity index (χ4n) is 3.11. The number of benzene rings is 1. The number of rotatable bonds is 9. The second-order valence-electron chi connectivity index (χ2n) is 6.79. The van der Waals surface area contributed by atoms with Crippen molar-refractivity contribution in [1.29, 1.82) is 0 Å². The summed E-state index contributed by atoms with van der Waals surface area (Å²) in [6.45, 7) is 4.01. The number of piperidine rings is 1. The maximum Gasteiger partial charge on any atom is 0.224 e. The van der Waals surface area contributed by atoms with Crippen molar-refractivity contribution < 1.29 is 19.1 Å². The number of Topliss-reactive ketones (excluding diaryl/α,β-unsaturated/α-hetero) is 1. The second kappa shape index (κ2) is 12.4. The maximum absolute atomic E-state index is 12.4. The standard InChI is InChI=1S/C20H29N3O4.ClH/c1-15(24)16-6-8-18(9-7-16)27-13-3-5-19(25)23-12-2-4-17(14-23)20(26)22-11-10-21;/h6-9,17H,2-5,10-14,21H2,1H3,(H,22,26);1H. The van der Waals surface area contributed by atoms with E-state index in [4.69, 9.17) is 10.5 Å². The molecule has 1 heterocycles. The van der Waals surface area contributed by atoms with Crippen LogP contribution in [0.15, 0.2) is 24.3 Å². The molecule has 28 heavy (non-hydrogen) atoms. The van der Waals surface area contributed by atoms with Crippen LogP contribution in [0.5, 0.6) is 5.75 Å². The Hall–Kier alpha value is -2.12. The van der Waals surface area contributed by atoms with Crippen LogP contribution >= 0.6 is 12.4 Å². The van der Waals surface area contributed by atoms with Gasteiger partial charge in [-0.2, -0.15) is 0 Å². The highest BCUT2D eigenvalue weighted by Gasteiger charge is 2.27. The predicted molar refractivity (Wildman–Crippen MR) is 110 cm³/mol. The van der Waals surface area contributed by atoms with Gasteiger partial charge in [0.1, 0.15) is 5.75 Å². The van der Waals surface area contributed by atoms with E-state index in [2.05, 4.69) is 5.32 Å². The van der Waals surface area contributed by atoms with Crippen LogP contribution in [0.1, 0.15) is 43.0 Å². The van der Waals surface area contributed by atoms with Crippen molar-refractivity contribution in [3.63, 3.8) is 0 Å². The van der Waals surface area contributed by atoms with E-state index < -0.39 is 0 Å². The normalized spacial score (nSPS) is 16.1. The molecule has 3 N–H and O–H groups in total. The molecule has 1 aromatic carbocycles. The summed E-state index contributed by atoms with van der Waals surface area (Å²) in [7, 11) is 0. The summed E-state index contributed by atoms with van der Waals surface area (Å²) in [6.07, 6.45) is 2.64. The number of carbonyl (C=O) groups is 3. The summed E-state index contributed by atoms with van der Waals surface area (Å²) in [5.41, 5.74) is 6.05. The first-order valence-electron chi connectivity index (χ1n) is 9.50. The van der Waals surface area contributed by atoms with Crippen molar-refractivity contribution >= 4 is 30.0 Å². The smallest absolute Gasteiger partial charge is 0.224 e. The van der Waals surface area contributed by atoms with Crippen LogP contribution in [-0.2, 0) is 9.59 Å². The fourth-order valence-corrected chi connectivity index (χ4v) is 3.11. The Balaban J connectivity index is 0.00000392. The van der Waals surface area contributed by atoms with Gasteiger partial charge < -0.3 is 20.7 Å². The molecular weight excluding hydrogens is 382 g/mol. The number of likely N-dealkylation sites (tertiary alicyclic amines) is 1. The number of amides is 2. The molecule has 1 fully saturated rings. The third-order valence-electron chi connectivity index (χ3n) is 4.65. The number of hydrogen-bond donors (Lipinski definition) is 2. The van der Waals surface area contributed by atoms with Crippen LogP contribution in [0, 0.1) is 5.92 Å². The summed E-state index contributed by atoms with van der Waals surface area (Å²) in [5.74, 6) is 0.591. The first kappa shape index (κ1) is 23.9. The fraction of sp³-hybridized carbons (Fsp3) is 0.550. The summed E-state index contributed by atoms with van der Waals surface area (Å²) in [6, 6.07) is 6.97. The zero-order chi connectivity index (χ0) is 19.6. The molecule has 0 aromatic heterocycles. The van der Waals surface area contributed by atoms with Crippen molar-refractivity contribution in [2.24, 2.45) is 11.7 Å². The van der Waals surface area contributed by atoms with Crippen LogP contribution in [0.3, 0.4) is 0 Å². The molecule has 0 radical (unpaired) electrons. The van der Waals surface area contributed by atoms with Crippen molar-refractivity contribution in [2.75, 3.05) is 32.8 Å². The van der Waals surface area contributed by atoms with Gasteiger partial charge in [-0.3, -0.25) is 14.4 Å². The van der Waals surface area contributed by atoms with E-state index >= 15 is 0 Å². The van der Waals surface area contributed by atoms with Gasteiger partial charge in [0.25, 0.3) is 0 Å². The molecule has 0 spiro atoms. The summed E-state index contributed by atoms with van der Waals surface area (Å²) >= 11 is 0. The van der Waals surface area contributed by atoms with Crippen molar-refractivity contribution in [1.82, 2.24) is 10.2 Å². The molecule has 1 aliphatic rings. The highest BCUT2D eigenvalue weighted by Crippen LogP contribution is 2.18. The molecule has 0 bridgehead atoms. The van der Waals surface area contributed by atoms with Crippen LogP contribution in [0.25, 0.3) is 0 Å². The largest absolute Gasteiger partial charge is 0.494 e. The van der Waals surface area contributed by atoms with Crippen LogP contribution in [0.4, 0.5) is 0 Å². The quantitative estimate of drug-likeness (QED) is 0.476. The zero-order valence-electron chi connectivity index (χ0n) is 16.3. The van der Waals surface area contributed by atoms with Gasteiger partial charge in [0.05, 0.1) is 12.5 Å². The van der Waals surface area contributed by atoms with Crippen molar-refractivity contribution in [3.05, 3.63) is 29.8 Å². The van der Waals surface area contributed by atoms with Crippen molar-refractivity contribution in [3.8, 4) is 5.75 Å². The third kappa shape index (κ3) is 7.48. The Kier molecular flexibility index (Phi) is 10.6. The molecule has 2 amide bonds. The first-order valence-corrected chi connectivity index (χ1v) is 9.50. The lowest BCUT2D eigenvalue weighted by molar-refractivity contribution is -0.135. The summed E-state index contributed by atoms with van der Waals surface area (Å²) in [4.78, 5) is 37.5. The van der Waals surface area contributed by atoms with E-state index in [0.717, 1.165) is 12.8 Å². The Bertz CT molecular complexity index is 651. The minimum Gasteiger partial charge on any atom is -0.494 e. The van der Waals surface area contributed by atoms with Gasteiger partial charge in [-0.05, 0) is 50.5 Å². The van der Waals surface area contributed by atoms with E-state index in [9.17, 15) is 14.4 Å². The minimum atomic E-state index is -0.148. The number of hydrogen-bond acceptors (Lipinski definition) is 5. The lowest BCUT2D eigenvalue weighted by Crippen LogP contribution is -2.46. The van der Waals surface area contributed by atoms with E-state index in [0.29, 0.717) is 56.9 Å². The zero-order valence-corrected chi connectivity index (χ0v) is 17.1. The van der Waals surface area contributed by atoms with Crippen LogP contribution in [-0.4, -0.2) is 55.3 Å². The number of nitrogens with zero attached hydrogens (tertiary/aromatic N) is 1. The number of ether oxygens (including phenoxy) is 1. The number of halogens is 1. The lowest BCUT2D eigenvalue weighted by Gasteiger charge is -2.32. The molecule has 7 nitrogen and oxygen atoms in total. The van der Waals surface area contributed by atoms with Gasteiger partial charge >= 0.3 is 0 Å². The molecule has 1 unspecified atom stereocenters. The molecule has 0 saturated carbocycles. The van der Waals surface area contributed by atoms with Crippen LogP contribution in [0.2, 0.25) is 0 Å². The van der Waals surface area contributed by atoms with Crippen LogP contribution < -0.4 is 15.8 Å². The minimum absolute atomic E-state index is 0. The average molecular weight is 412 g/mol. The van der Waals surface area contributed by atoms with Gasteiger partial charge in [-0.1, -0.05) is 0 Å². The molecule has 0 aliphatic carbocycles. The predicted octanol–water partition coefficient (Wildman–Crippen LogP) is 1.78. The monoisotopic (exact) mass is 411 g/mol. The molecule has 1 atom stereocenters.